The molecule has 2 saturated heterocycles. The Bertz CT molecular complexity index is 263. The zero-order chi connectivity index (χ0) is 8.93. The van der Waals surface area contributed by atoms with E-state index in [0.717, 1.165) is 13.0 Å². The van der Waals surface area contributed by atoms with Crippen LogP contribution in [0, 0.1) is 0 Å². The molecule has 1 spiro atoms. The van der Waals surface area contributed by atoms with Crippen LogP contribution >= 0.6 is 0 Å². The Morgan fingerprint density at radius 2 is 2.25 bits per heavy atom. The van der Waals surface area contributed by atoms with Crippen molar-refractivity contribution >= 4 is 11.9 Å². The molecular weight excluding hydrogens is 158 g/mol. The average molecular weight is 170 g/mol. The third kappa shape index (κ3) is 0.659. The highest BCUT2D eigenvalue weighted by molar-refractivity contribution is 5.90. The topological polar surface area (TPSA) is 54.4 Å². The van der Waals surface area contributed by atoms with Crippen LogP contribution in [0.5, 0.6) is 0 Å². The number of hydrogen-bond donors (Lipinski definition) is 1. The Morgan fingerprint density at radius 3 is 2.58 bits per heavy atom. The number of carboxylic acid groups (broad SMARTS) is 1. The third-order valence-corrected chi connectivity index (χ3v) is 3.24. The number of amides is 1. The van der Waals surface area contributed by atoms with Gasteiger partial charge >= 0.3 is 11.9 Å². The molecule has 1 amide bonds. The van der Waals surface area contributed by atoms with E-state index < -0.39 is 12.0 Å². The molecule has 2 unspecified atom stereocenters. The van der Waals surface area contributed by atoms with Gasteiger partial charge in [0.05, 0.1) is 6.54 Å². The number of hydrogen-bond acceptors (Lipinski definition) is 2. The molecule has 4 nitrogen and oxygen atoms in total. The molecule has 12 heavy (non-hydrogen) atoms. The molecule has 0 radical (unpaired) electrons. The van der Waals surface area contributed by atoms with Crippen molar-refractivity contribution in [1.82, 2.24) is 0 Å². The van der Waals surface area contributed by atoms with E-state index in [1.165, 1.54) is 0 Å². The van der Waals surface area contributed by atoms with Crippen molar-refractivity contribution in [2.24, 2.45) is 0 Å². The Morgan fingerprint density at radius 1 is 1.67 bits per heavy atom. The second-order valence-electron chi connectivity index (χ2n) is 3.66. The Balaban J connectivity index is 2.27. The predicted molar refractivity (Wildman–Crippen MR) is 40.3 cm³/mol. The van der Waals surface area contributed by atoms with Crippen molar-refractivity contribution in [2.45, 2.75) is 31.8 Å². The SMILES string of the molecule is CC1C(=O)[N+]12CCC[C@H]2C(=O)O. The molecular formula is C8H12NO3+. The van der Waals surface area contributed by atoms with Crippen molar-refractivity contribution in [3.63, 3.8) is 0 Å². The van der Waals surface area contributed by atoms with E-state index >= 15 is 0 Å². The summed E-state index contributed by atoms with van der Waals surface area (Å²) in [5, 5.41) is 8.86. The zero-order valence-electron chi connectivity index (χ0n) is 6.99. The van der Waals surface area contributed by atoms with Crippen LogP contribution in [0.1, 0.15) is 19.8 Å². The van der Waals surface area contributed by atoms with Gasteiger partial charge in [0.1, 0.15) is 0 Å². The zero-order valence-corrected chi connectivity index (χ0v) is 6.99. The fourth-order valence-electron chi connectivity index (χ4n) is 2.44. The van der Waals surface area contributed by atoms with Gasteiger partial charge < -0.3 is 5.11 Å². The van der Waals surface area contributed by atoms with Gasteiger partial charge in [-0.05, 0) is 0 Å². The van der Waals surface area contributed by atoms with Crippen LogP contribution in [0.4, 0.5) is 0 Å². The fourth-order valence-corrected chi connectivity index (χ4v) is 2.44. The maximum atomic E-state index is 11.3. The van der Waals surface area contributed by atoms with Gasteiger partial charge in [-0.3, -0.25) is 0 Å². The minimum Gasteiger partial charge on any atom is -0.477 e. The summed E-state index contributed by atoms with van der Waals surface area (Å²) in [6, 6.07) is -0.513. The van der Waals surface area contributed by atoms with Gasteiger partial charge in [0, 0.05) is 19.8 Å². The van der Waals surface area contributed by atoms with E-state index in [1.54, 1.807) is 0 Å². The molecule has 2 rings (SSSR count). The molecule has 3 atom stereocenters. The predicted octanol–water partition coefficient (Wildman–Crippen LogP) is -0.0211. The quantitative estimate of drug-likeness (QED) is 0.444. The number of aliphatic carboxylic acids is 1. The molecule has 2 heterocycles. The van der Waals surface area contributed by atoms with E-state index in [2.05, 4.69) is 0 Å². The number of nitrogens with zero attached hydrogens (tertiary/aromatic N) is 1. The second kappa shape index (κ2) is 2.07. The van der Waals surface area contributed by atoms with Crippen LogP contribution in [-0.4, -0.2) is 40.1 Å². The molecule has 66 valence electrons. The normalized spacial score (nSPS) is 45.2. The third-order valence-electron chi connectivity index (χ3n) is 3.24. The molecule has 4 heteroatoms. The van der Waals surface area contributed by atoms with Crippen LogP contribution in [0.3, 0.4) is 0 Å². The van der Waals surface area contributed by atoms with Crippen molar-refractivity contribution in [2.75, 3.05) is 6.54 Å². The molecule has 0 aromatic heterocycles. The first kappa shape index (κ1) is 7.73. The van der Waals surface area contributed by atoms with Gasteiger partial charge in [0.15, 0.2) is 6.04 Å². The number of quaternary nitrogens is 1. The molecule has 2 fully saturated rings. The minimum atomic E-state index is -0.815. The van der Waals surface area contributed by atoms with Gasteiger partial charge in [-0.1, -0.05) is 0 Å². The fraction of sp³-hybridized carbons (Fsp3) is 0.750. The van der Waals surface area contributed by atoms with E-state index in [0.29, 0.717) is 6.42 Å². The number of carbonyl (C=O) groups excluding carboxylic acids is 1. The largest absolute Gasteiger partial charge is 0.477 e. The van der Waals surface area contributed by atoms with Crippen LogP contribution in [0.25, 0.3) is 0 Å². The smallest absolute Gasteiger partial charge is 0.373 e. The molecule has 0 aliphatic carbocycles. The molecule has 0 aromatic carbocycles. The minimum absolute atomic E-state index is 0.0615. The van der Waals surface area contributed by atoms with E-state index in [1.807, 2.05) is 6.92 Å². The second-order valence-corrected chi connectivity index (χ2v) is 3.66. The highest BCUT2D eigenvalue weighted by atomic mass is 16.4. The number of carboxylic acids is 1. The van der Waals surface area contributed by atoms with Crippen molar-refractivity contribution < 1.29 is 19.2 Å². The van der Waals surface area contributed by atoms with E-state index in [-0.39, 0.29) is 16.4 Å². The maximum Gasteiger partial charge on any atom is 0.373 e. The van der Waals surface area contributed by atoms with Gasteiger partial charge in [0.25, 0.3) is 0 Å². The summed E-state index contributed by atoms with van der Waals surface area (Å²) in [6.45, 7) is 2.56. The Kier molecular flexibility index (Phi) is 1.33. The monoisotopic (exact) mass is 170 g/mol. The lowest BCUT2D eigenvalue weighted by Crippen LogP contribution is -2.40. The Hall–Kier alpha value is -0.900. The molecule has 0 saturated carbocycles. The summed E-state index contributed by atoms with van der Waals surface area (Å²) in [4.78, 5) is 22.0. The summed E-state index contributed by atoms with van der Waals surface area (Å²) < 4.78 is 0.231. The summed E-state index contributed by atoms with van der Waals surface area (Å²) in [5.41, 5.74) is 0. The molecule has 1 N–H and O–H groups in total. The van der Waals surface area contributed by atoms with Gasteiger partial charge in [-0.25, -0.2) is 14.1 Å². The van der Waals surface area contributed by atoms with E-state index in [4.69, 9.17) is 5.11 Å². The molecule has 0 bridgehead atoms. The summed E-state index contributed by atoms with van der Waals surface area (Å²) in [6.07, 6.45) is 1.53. The lowest BCUT2D eigenvalue weighted by molar-refractivity contribution is -0.779. The first-order chi connectivity index (χ1) is 5.60. The first-order valence-corrected chi connectivity index (χ1v) is 4.25. The highest BCUT2D eigenvalue weighted by Crippen LogP contribution is 2.43. The van der Waals surface area contributed by atoms with Gasteiger partial charge in [-0.2, -0.15) is 0 Å². The van der Waals surface area contributed by atoms with E-state index in [9.17, 15) is 9.59 Å². The first-order valence-electron chi connectivity index (χ1n) is 4.25. The standard InChI is InChI=1S/C8H11NO3/c1-5-7(10)9(5)4-2-3-6(9)8(11)12/h5-6H,2-4H2,1H3/p+1/t5?,6-,9?/m0/s1. The van der Waals surface area contributed by atoms with Crippen LogP contribution in [0.15, 0.2) is 0 Å². The molecule has 2 aliphatic heterocycles. The lowest BCUT2D eigenvalue weighted by Gasteiger charge is -2.14. The Labute approximate surface area is 70.4 Å². The van der Waals surface area contributed by atoms with Crippen LogP contribution < -0.4 is 0 Å². The summed E-state index contributed by atoms with van der Waals surface area (Å²) >= 11 is 0. The number of carbonyl (C=O) groups is 2. The van der Waals surface area contributed by atoms with Crippen molar-refractivity contribution in [3.05, 3.63) is 0 Å². The lowest BCUT2D eigenvalue weighted by atomic mass is 10.2. The molecule has 2 aliphatic rings. The van der Waals surface area contributed by atoms with Crippen molar-refractivity contribution in [3.8, 4) is 0 Å². The number of rotatable bonds is 1. The van der Waals surface area contributed by atoms with Gasteiger partial charge in [-0.15, -0.1) is 0 Å². The van der Waals surface area contributed by atoms with Crippen LogP contribution in [0.2, 0.25) is 0 Å². The highest BCUT2D eigenvalue weighted by Gasteiger charge is 2.72. The summed E-state index contributed by atoms with van der Waals surface area (Å²) in [7, 11) is 0. The van der Waals surface area contributed by atoms with Crippen LogP contribution in [-0.2, 0) is 9.59 Å². The molecule has 0 aromatic rings. The average Bonchev–Trinajstić information content (AvgIpc) is 2.53. The van der Waals surface area contributed by atoms with Crippen molar-refractivity contribution in [1.29, 1.82) is 0 Å². The summed E-state index contributed by atoms with van der Waals surface area (Å²) in [5.74, 6) is -0.704. The maximum absolute atomic E-state index is 11.3. The van der Waals surface area contributed by atoms with Gasteiger partial charge in [0.2, 0.25) is 6.04 Å².